The zero-order valence-corrected chi connectivity index (χ0v) is 17.7. The summed E-state index contributed by atoms with van der Waals surface area (Å²) in [6.45, 7) is 3.90. The minimum atomic E-state index is -3.79. The number of rotatable bonds is 7. The van der Waals surface area contributed by atoms with Crippen LogP contribution < -0.4 is 5.32 Å². The number of aryl methyl sites for hydroxylation is 1. The molecule has 154 valence electrons. The van der Waals surface area contributed by atoms with Crippen LogP contribution >= 0.6 is 0 Å². The third-order valence-corrected chi connectivity index (χ3v) is 8.22. The quantitative estimate of drug-likeness (QED) is 0.670. The molecular formula is C22H31NO4S. The van der Waals surface area contributed by atoms with Crippen molar-refractivity contribution in [2.45, 2.75) is 70.1 Å². The minimum Gasteiger partial charge on any atom is -0.326 e. The molecule has 0 saturated heterocycles. The molecule has 1 N–H and O–H groups in total. The molecule has 0 aliphatic heterocycles. The highest BCUT2D eigenvalue weighted by Crippen LogP contribution is 2.61. The van der Waals surface area contributed by atoms with Crippen LogP contribution in [-0.2, 0) is 19.1 Å². The molecule has 1 aromatic carbocycles. The number of benzene rings is 1. The summed E-state index contributed by atoms with van der Waals surface area (Å²) < 4.78 is 29.6. The minimum absolute atomic E-state index is 0.00840. The van der Waals surface area contributed by atoms with E-state index in [-0.39, 0.29) is 22.8 Å². The highest BCUT2D eigenvalue weighted by Gasteiger charge is 2.51. The van der Waals surface area contributed by atoms with Crippen molar-refractivity contribution in [3.63, 3.8) is 0 Å². The van der Waals surface area contributed by atoms with Crippen LogP contribution in [0.2, 0.25) is 0 Å². The Morgan fingerprint density at radius 2 is 1.75 bits per heavy atom. The van der Waals surface area contributed by atoms with Crippen molar-refractivity contribution in [1.29, 1.82) is 0 Å². The van der Waals surface area contributed by atoms with Crippen LogP contribution in [0.15, 0.2) is 23.1 Å². The number of amides is 1. The van der Waals surface area contributed by atoms with Gasteiger partial charge in [-0.05, 0) is 92.7 Å². The second kappa shape index (κ2) is 7.45. The first-order valence-electron chi connectivity index (χ1n) is 10.6. The summed E-state index contributed by atoms with van der Waals surface area (Å²) in [5.74, 6) is 2.44. The van der Waals surface area contributed by atoms with Crippen LogP contribution in [0.1, 0.15) is 63.9 Å². The summed E-state index contributed by atoms with van der Waals surface area (Å²) in [6.07, 6.45) is 8.81. The number of carbonyl (C=O) groups excluding carboxylic acids is 1. The van der Waals surface area contributed by atoms with E-state index < -0.39 is 10.1 Å². The molecular weight excluding hydrogens is 374 g/mol. The molecule has 4 saturated carbocycles. The summed E-state index contributed by atoms with van der Waals surface area (Å²) in [5, 5.41) is 2.99. The Morgan fingerprint density at radius 3 is 2.32 bits per heavy atom. The third kappa shape index (κ3) is 3.99. The van der Waals surface area contributed by atoms with Crippen molar-refractivity contribution in [3.05, 3.63) is 23.8 Å². The standard InChI is InChI=1S/C22H31NO4S/c1-3-6-27-28(25,26)19-5-4-15(2)20(10-19)23-21(24)14-22-11-16-7-17(12-22)9-18(8-16)13-22/h4-5,10,16-18H,3,6-9,11-14H2,1-2H3,(H,23,24). The van der Waals surface area contributed by atoms with Gasteiger partial charge >= 0.3 is 0 Å². The average Bonchev–Trinajstić information content (AvgIpc) is 2.60. The molecule has 0 heterocycles. The molecule has 5 rings (SSSR count). The van der Waals surface area contributed by atoms with E-state index in [1.165, 1.54) is 50.7 Å². The summed E-state index contributed by atoms with van der Waals surface area (Å²) in [6, 6.07) is 4.79. The first-order chi connectivity index (χ1) is 13.3. The van der Waals surface area contributed by atoms with Gasteiger partial charge in [0.15, 0.2) is 0 Å². The molecule has 6 heteroatoms. The van der Waals surface area contributed by atoms with Crippen LogP contribution in [0.25, 0.3) is 0 Å². The smallest absolute Gasteiger partial charge is 0.297 e. The van der Waals surface area contributed by atoms with Gasteiger partial charge in [-0.25, -0.2) is 0 Å². The fourth-order valence-electron chi connectivity index (χ4n) is 6.19. The Balaban J connectivity index is 1.47. The molecule has 0 aromatic heterocycles. The molecule has 4 aliphatic rings. The number of hydrogen-bond donors (Lipinski definition) is 1. The number of carbonyl (C=O) groups is 1. The fraction of sp³-hybridized carbons (Fsp3) is 0.682. The van der Waals surface area contributed by atoms with Gasteiger partial charge in [-0.3, -0.25) is 8.98 Å². The number of nitrogens with one attached hydrogen (secondary N) is 1. The van der Waals surface area contributed by atoms with Gasteiger partial charge in [0, 0.05) is 12.1 Å². The van der Waals surface area contributed by atoms with Crippen molar-refractivity contribution >= 4 is 21.7 Å². The molecule has 0 unspecified atom stereocenters. The van der Waals surface area contributed by atoms with Gasteiger partial charge in [0.05, 0.1) is 11.5 Å². The maximum Gasteiger partial charge on any atom is 0.297 e. The van der Waals surface area contributed by atoms with Crippen LogP contribution in [0.4, 0.5) is 5.69 Å². The number of anilines is 1. The Hall–Kier alpha value is -1.40. The van der Waals surface area contributed by atoms with Crippen LogP contribution in [0.5, 0.6) is 0 Å². The van der Waals surface area contributed by atoms with E-state index in [2.05, 4.69) is 5.32 Å². The molecule has 4 bridgehead atoms. The predicted octanol–water partition coefficient (Wildman–Crippen LogP) is 4.66. The van der Waals surface area contributed by atoms with E-state index in [1.54, 1.807) is 6.07 Å². The van der Waals surface area contributed by atoms with Gasteiger partial charge in [-0.15, -0.1) is 0 Å². The van der Waals surface area contributed by atoms with Crippen molar-refractivity contribution < 1.29 is 17.4 Å². The Labute approximate surface area is 168 Å². The molecule has 1 amide bonds. The van der Waals surface area contributed by atoms with E-state index >= 15 is 0 Å². The van der Waals surface area contributed by atoms with Crippen LogP contribution in [0, 0.1) is 30.1 Å². The predicted molar refractivity (Wildman–Crippen MR) is 108 cm³/mol. The number of hydrogen-bond acceptors (Lipinski definition) is 4. The van der Waals surface area contributed by atoms with Gasteiger partial charge in [0.1, 0.15) is 0 Å². The maximum atomic E-state index is 12.9. The van der Waals surface area contributed by atoms with Crippen molar-refractivity contribution in [1.82, 2.24) is 0 Å². The maximum absolute atomic E-state index is 12.9. The Bertz CT molecular complexity index is 826. The van der Waals surface area contributed by atoms with Crippen molar-refractivity contribution in [2.24, 2.45) is 23.2 Å². The van der Waals surface area contributed by atoms with Crippen molar-refractivity contribution in [3.8, 4) is 0 Å². The van der Waals surface area contributed by atoms with Gasteiger partial charge in [0.25, 0.3) is 10.1 Å². The third-order valence-electron chi connectivity index (χ3n) is 6.92. The highest BCUT2D eigenvalue weighted by atomic mass is 32.2. The molecule has 1 aromatic rings. The first kappa shape index (κ1) is 19.9. The topological polar surface area (TPSA) is 72.5 Å². The zero-order chi connectivity index (χ0) is 19.9. The van der Waals surface area contributed by atoms with E-state index in [9.17, 15) is 13.2 Å². The molecule has 4 aliphatic carbocycles. The van der Waals surface area contributed by atoms with Crippen LogP contribution in [0.3, 0.4) is 0 Å². The van der Waals surface area contributed by atoms with E-state index in [1.807, 2.05) is 13.8 Å². The normalized spacial score (nSPS) is 31.1. The summed E-state index contributed by atoms with van der Waals surface area (Å²) in [7, 11) is -3.79. The monoisotopic (exact) mass is 405 g/mol. The Kier molecular flexibility index (Phi) is 5.29. The fourth-order valence-corrected chi connectivity index (χ4v) is 7.21. The average molecular weight is 406 g/mol. The molecule has 28 heavy (non-hydrogen) atoms. The molecule has 0 spiro atoms. The lowest BCUT2D eigenvalue weighted by molar-refractivity contribution is -0.124. The Morgan fingerprint density at radius 1 is 1.14 bits per heavy atom. The lowest BCUT2D eigenvalue weighted by Gasteiger charge is -2.56. The lowest BCUT2D eigenvalue weighted by Crippen LogP contribution is -2.47. The van der Waals surface area contributed by atoms with Gasteiger partial charge < -0.3 is 5.32 Å². The molecule has 4 fully saturated rings. The molecule has 5 nitrogen and oxygen atoms in total. The summed E-state index contributed by atoms with van der Waals surface area (Å²) in [4.78, 5) is 13.0. The van der Waals surface area contributed by atoms with Gasteiger partial charge in [0.2, 0.25) is 5.91 Å². The first-order valence-corrected chi connectivity index (χ1v) is 12.0. The SMILES string of the molecule is CCCOS(=O)(=O)c1ccc(C)c(NC(=O)CC23CC4CC(CC(C4)C2)C3)c1. The van der Waals surface area contributed by atoms with Gasteiger partial charge in [-0.1, -0.05) is 13.0 Å². The molecule has 0 atom stereocenters. The summed E-state index contributed by atoms with van der Waals surface area (Å²) in [5.41, 5.74) is 1.59. The van der Waals surface area contributed by atoms with Gasteiger partial charge in [-0.2, -0.15) is 8.42 Å². The second-order valence-corrected chi connectivity index (χ2v) is 11.0. The van der Waals surface area contributed by atoms with Crippen LogP contribution in [-0.4, -0.2) is 20.9 Å². The van der Waals surface area contributed by atoms with Crippen molar-refractivity contribution in [2.75, 3.05) is 11.9 Å². The van der Waals surface area contributed by atoms with E-state index in [0.29, 0.717) is 18.5 Å². The largest absolute Gasteiger partial charge is 0.326 e. The van der Waals surface area contributed by atoms with E-state index in [4.69, 9.17) is 4.18 Å². The summed E-state index contributed by atoms with van der Waals surface area (Å²) >= 11 is 0. The van der Waals surface area contributed by atoms with E-state index in [0.717, 1.165) is 23.3 Å². The second-order valence-electron chi connectivity index (χ2n) is 9.40. The highest BCUT2D eigenvalue weighted by molar-refractivity contribution is 7.86. The lowest BCUT2D eigenvalue weighted by atomic mass is 9.49. The molecule has 0 radical (unpaired) electrons. The zero-order valence-electron chi connectivity index (χ0n) is 16.9.